The van der Waals surface area contributed by atoms with Crippen molar-refractivity contribution in [2.75, 3.05) is 10.2 Å². The molecule has 2 amide bonds. The number of aryl methyl sites for hydroxylation is 1. The van der Waals surface area contributed by atoms with Crippen molar-refractivity contribution in [3.05, 3.63) is 88.5 Å². The van der Waals surface area contributed by atoms with E-state index in [-0.39, 0.29) is 24.3 Å². The molecule has 3 aromatic carbocycles. The number of hydrogen-bond donors (Lipinski definition) is 4. The summed E-state index contributed by atoms with van der Waals surface area (Å²) in [6.07, 6.45) is 4.34. The molecule has 1 unspecified atom stereocenters. The maximum Gasteiger partial charge on any atom is 0.411 e. The lowest BCUT2D eigenvalue weighted by atomic mass is 9.93. The largest absolute Gasteiger partial charge is 0.465 e. The molecule has 0 saturated carbocycles. The smallest absolute Gasteiger partial charge is 0.411 e. The van der Waals surface area contributed by atoms with E-state index in [1.807, 2.05) is 13.0 Å². The van der Waals surface area contributed by atoms with E-state index in [0.29, 0.717) is 39.0 Å². The van der Waals surface area contributed by atoms with Crippen LogP contribution in [0.4, 0.5) is 16.4 Å². The van der Waals surface area contributed by atoms with Gasteiger partial charge >= 0.3 is 6.09 Å². The first-order chi connectivity index (χ1) is 15.8. The zero-order valence-corrected chi connectivity index (χ0v) is 18.7. The van der Waals surface area contributed by atoms with Crippen molar-refractivity contribution >= 4 is 47.1 Å². The molecule has 0 radical (unpaired) electrons. The second-order valence-corrected chi connectivity index (χ2v) is 7.75. The Hall–Kier alpha value is -4.32. The van der Waals surface area contributed by atoms with Gasteiger partial charge in [-0.25, -0.2) is 9.78 Å². The molecule has 34 heavy (non-hydrogen) atoms. The van der Waals surface area contributed by atoms with Crippen LogP contribution >= 0.6 is 12.4 Å². The average molecular weight is 475 g/mol. The molecule has 0 fully saturated rings. The summed E-state index contributed by atoms with van der Waals surface area (Å²) in [5.41, 5.74) is 2.20. The highest BCUT2D eigenvalue weighted by atomic mass is 35.5. The number of carbonyl (C=O) groups excluding carboxylic acids is 1. The number of nitrogens with one attached hydrogen (secondary N) is 2. The third-order valence-corrected chi connectivity index (χ3v) is 5.79. The van der Waals surface area contributed by atoms with Crippen LogP contribution in [0.15, 0.2) is 60.7 Å². The topological polar surface area (TPSA) is 119 Å². The van der Waals surface area contributed by atoms with Crippen molar-refractivity contribution in [3.8, 4) is 12.3 Å². The number of carbonyl (C=O) groups is 2. The van der Waals surface area contributed by atoms with Crippen LogP contribution in [0.1, 0.15) is 32.6 Å². The second-order valence-electron chi connectivity index (χ2n) is 7.75. The molecule has 4 N–H and O–H groups in total. The molecule has 0 aliphatic carbocycles. The summed E-state index contributed by atoms with van der Waals surface area (Å²) in [6.45, 7) is 1.84. The van der Waals surface area contributed by atoms with Crippen LogP contribution in [0.2, 0.25) is 0 Å². The number of imidazole rings is 1. The molecule has 4 aromatic rings. The number of amides is 2. The Kier molecular flexibility index (Phi) is 5.53. The van der Waals surface area contributed by atoms with E-state index in [4.69, 9.17) is 11.5 Å². The fourth-order valence-electron chi connectivity index (χ4n) is 4.25. The number of terminal acetylenes is 1. The lowest BCUT2D eigenvalue weighted by molar-refractivity contribution is 0.0703. The molecular weight excluding hydrogens is 456 g/mol. The van der Waals surface area contributed by atoms with E-state index in [1.165, 1.54) is 4.90 Å². The molecule has 2 heterocycles. The van der Waals surface area contributed by atoms with Gasteiger partial charge in [0.25, 0.3) is 5.91 Å². The van der Waals surface area contributed by atoms with Crippen molar-refractivity contribution in [1.82, 2.24) is 9.97 Å². The maximum absolute atomic E-state index is 13.5. The van der Waals surface area contributed by atoms with Crippen molar-refractivity contribution in [2.24, 2.45) is 0 Å². The van der Waals surface area contributed by atoms with Crippen LogP contribution in [0.5, 0.6) is 0 Å². The molecule has 0 saturated heterocycles. The van der Waals surface area contributed by atoms with E-state index in [9.17, 15) is 14.7 Å². The van der Waals surface area contributed by atoms with Gasteiger partial charge in [0, 0.05) is 22.3 Å². The number of rotatable bonds is 3. The normalized spacial score (nSPS) is 16.6. The lowest BCUT2D eigenvalue weighted by Gasteiger charge is -2.35. The highest BCUT2D eigenvalue weighted by molar-refractivity contribution is 6.13. The van der Waals surface area contributed by atoms with Gasteiger partial charge in [0.2, 0.25) is 5.95 Å². The summed E-state index contributed by atoms with van der Waals surface area (Å²) >= 11 is 0. The first-order valence-corrected chi connectivity index (χ1v) is 10.1. The molecule has 1 aliphatic heterocycles. The molecule has 5 rings (SSSR count). The number of anilines is 2. The third-order valence-electron chi connectivity index (χ3n) is 5.79. The van der Waals surface area contributed by atoms with E-state index >= 15 is 0 Å². The Morgan fingerprint density at radius 3 is 2.68 bits per heavy atom. The van der Waals surface area contributed by atoms with E-state index < -0.39 is 11.8 Å². The van der Waals surface area contributed by atoms with Crippen LogP contribution in [0.3, 0.4) is 0 Å². The monoisotopic (exact) mass is 474 g/mol. The molecule has 0 bridgehead atoms. The first kappa shape index (κ1) is 22.9. The van der Waals surface area contributed by atoms with Crippen molar-refractivity contribution in [2.45, 2.75) is 12.6 Å². The number of carboxylic acid groups (broad SMARTS) is 1. The van der Waals surface area contributed by atoms with Crippen LogP contribution < -0.4 is 10.2 Å². The highest BCUT2D eigenvalue weighted by Gasteiger charge is 2.51. The average Bonchev–Trinajstić information content (AvgIpc) is 3.30. The Balaban J connectivity index is 0.00000274. The Morgan fingerprint density at radius 1 is 1.18 bits per heavy atom. The number of hydrogen-bond acceptors (Lipinski definition) is 4. The van der Waals surface area contributed by atoms with E-state index in [0.717, 1.165) is 5.56 Å². The molecule has 8 nitrogen and oxygen atoms in total. The lowest BCUT2D eigenvalue weighted by Crippen LogP contribution is -2.45. The number of H-pyrrole nitrogens is 1. The number of nitrogens with zero attached hydrogens (tertiary/aromatic N) is 2. The number of halogens is 1. The van der Waals surface area contributed by atoms with Gasteiger partial charge in [-0.1, -0.05) is 36.3 Å². The minimum Gasteiger partial charge on any atom is -0.465 e. The van der Waals surface area contributed by atoms with Crippen LogP contribution in [0, 0.1) is 19.3 Å². The van der Waals surface area contributed by atoms with Crippen molar-refractivity contribution < 1.29 is 19.8 Å². The summed E-state index contributed by atoms with van der Waals surface area (Å²) in [5, 5.41) is 23.3. The van der Waals surface area contributed by atoms with Gasteiger partial charge in [0.1, 0.15) is 0 Å². The fraction of sp³-hybridized carbons (Fsp3) is 0.0800. The molecule has 1 aromatic heterocycles. The van der Waals surface area contributed by atoms with Crippen LogP contribution in [-0.2, 0) is 5.72 Å². The molecule has 9 heteroatoms. The van der Waals surface area contributed by atoms with Gasteiger partial charge in [0.05, 0.1) is 16.7 Å². The van der Waals surface area contributed by atoms with Gasteiger partial charge in [0.15, 0.2) is 5.72 Å². The first-order valence-electron chi connectivity index (χ1n) is 10.1. The Labute approximate surface area is 200 Å². The second kappa shape index (κ2) is 8.23. The molecule has 1 aliphatic rings. The van der Waals surface area contributed by atoms with Gasteiger partial charge < -0.3 is 15.2 Å². The molecular formula is C25H19ClN4O4. The highest BCUT2D eigenvalue weighted by Crippen LogP contribution is 2.46. The van der Waals surface area contributed by atoms with Gasteiger partial charge in [-0.2, -0.15) is 0 Å². The predicted octanol–water partition coefficient (Wildman–Crippen LogP) is 4.22. The van der Waals surface area contributed by atoms with E-state index in [1.54, 1.807) is 54.6 Å². The number of aromatic nitrogens is 2. The standard InChI is InChI=1S/C25H18N4O4.ClH/c1-3-15-9-8-14(2)21(12-15)29-22(30)17-6-4-5-7-18(17)25(29,33)16-10-11-19-20(13-16)27-23(26-19)28-24(31)32;/h1,4-13,33H,2H3,(H,31,32)(H2,26,27,28);1H. The predicted molar refractivity (Wildman–Crippen MR) is 130 cm³/mol. The number of aromatic amines is 1. The SMILES string of the molecule is C#Cc1ccc(C)c(N2C(=O)c3ccccc3C2(O)c2ccc3[nH]c(NC(=O)O)nc3c2)c1.Cl. The minimum atomic E-state index is -1.83. The Bertz CT molecular complexity index is 1510. The summed E-state index contributed by atoms with van der Waals surface area (Å²) in [4.78, 5) is 33.0. The summed E-state index contributed by atoms with van der Waals surface area (Å²) < 4.78 is 0. The van der Waals surface area contributed by atoms with Crippen molar-refractivity contribution in [1.29, 1.82) is 0 Å². The van der Waals surface area contributed by atoms with Crippen molar-refractivity contribution in [3.63, 3.8) is 0 Å². The molecule has 0 spiro atoms. The summed E-state index contributed by atoms with van der Waals surface area (Å²) in [7, 11) is 0. The quantitative estimate of drug-likeness (QED) is 0.331. The number of aliphatic hydroxyl groups is 1. The Morgan fingerprint density at radius 2 is 1.94 bits per heavy atom. The number of fused-ring (bicyclic) bond motifs is 2. The molecule has 170 valence electrons. The third kappa shape index (κ3) is 3.35. The van der Waals surface area contributed by atoms with Crippen LogP contribution in [-0.4, -0.2) is 32.2 Å². The van der Waals surface area contributed by atoms with Crippen LogP contribution in [0.25, 0.3) is 11.0 Å². The minimum absolute atomic E-state index is 0. The van der Waals surface area contributed by atoms with Gasteiger partial charge in [-0.15, -0.1) is 18.8 Å². The summed E-state index contributed by atoms with van der Waals surface area (Å²) in [5.74, 6) is 2.27. The zero-order chi connectivity index (χ0) is 23.3. The number of benzene rings is 3. The molecule has 1 atom stereocenters. The summed E-state index contributed by atoms with van der Waals surface area (Å²) in [6, 6.07) is 17.1. The zero-order valence-electron chi connectivity index (χ0n) is 17.9. The van der Waals surface area contributed by atoms with Gasteiger partial charge in [-0.3, -0.25) is 15.0 Å². The van der Waals surface area contributed by atoms with Gasteiger partial charge in [-0.05, 0) is 42.8 Å². The van der Waals surface area contributed by atoms with E-state index in [2.05, 4.69) is 21.2 Å². The fourth-order valence-corrected chi connectivity index (χ4v) is 4.25. The maximum atomic E-state index is 13.5.